The molecule has 0 saturated carbocycles. The van der Waals surface area contributed by atoms with E-state index >= 15 is 0 Å². The summed E-state index contributed by atoms with van der Waals surface area (Å²) in [5.74, 6) is -1.41. The number of halogens is 7. The van der Waals surface area contributed by atoms with Gasteiger partial charge in [-0.05, 0) is 48.0 Å². The minimum atomic E-state index is -4.80. The second-order valence-electron chi connectivity index (χ2n) is 7.50. The Kier molecular flexibility index (Phi) is 8.10. The zero-order valence-corrected chi connectivity index (χ0v) is 23.5. The van der Waals surface area contributed by atoms with Crippen LogP contribution < -0.4 is 16.0 Å². The maximum atomic E-state index is 13.4. The summed E-state index contributed by atoms with van der Waals surface area (Å²) in [5.41, 5.74) is -1.54. The van der Waals surface area contributed by atoms with Crippen LogP contribution >= 0.6 is 66.1 Å². The van der Waals surface area contributed by atoms with Crippen molar-refractivity contribution in [3.63, 3.8) is 0 Å². The van der Waals surface area contributed by atoms with E-state index in [9.17, 15) is 22.8 Å². The molecule has 2 amide bonds. The molecule has 182 valence electrons. The number of allylic oxidation sites excluding steroid dienone is 2. The summed E-state index contributed by atoms with van der Waals surface area (Å²) in [6.07, 6.45) is -1.64. The minimum Gasteiger partial charge on any atom is -0.365 e. The van der Waals surface area contributed by atoms with Gasteiger partial charge >= 0.3 is 6.18 Å². The average Bonchev–Trinajstić information content (AvgIpc) is 3.14. The number of carbonyl (C=O) groups is 2. The average molecular weight is 738 g/mol. The standard InChI is InChI=1S/C20H16Br2ClF3IN5O2/c1-19(2,27)30-17(33)10-6-9(21)7-11(22)15(10)29-18(34)13-8-14(20(24,25)26)31-32(13)16-12(23)4-3-5-28-16/h3-4,6-8,28H,5H2,1-2H3,(H,29,34)(H,30,33). The number of benzene rings is 1. The molecule has 34 heavy (non-hydrogen) atoms. The third-order valence-corrected chi connectivity index (χ3v) is 5.93. The smallest absolute Gasteiger partial charge is 0.365 e. The van der Waals surface area contributed by atoms with Gasteiger partial charge in [0.2, 0.25) is 0 Å². The third kappa shape index (κ3) is 6.34. The molecule has 1 aliphatic heterocycles. The van der Waals surface area contributed by atoms with Crippen molar-refractivity contribution in [2.75, 3.05) is 11.9 Å². The van der Waals surface area contributed by atoms with Crippen molar-refractivity contribution in [1.82, 2.24) is 20.4 Å². The van der Waals surface area contributed by atoms with Crippen LogP contribution in [0.2, 0.25) is 0 Å². The van der Waals surface area contributed by atoms with Gasteiger partial charge < -0.3 is 16.0 Å². The van der Waals surface area contributed by atoms with Crippen molar-refractivity contribution in [2.24, 2.45) is 0 Å². The molecule has 14 heteroatoms. The van der Waals surface area contributed by atoms with E-state index < -0.39 is 32.9 Å². The van der Waals surface area contributed by atoms with Crippen molar-refractivity contribution in [3.05, 3.63) is 61.3 Å². The highest BCUT2D eigenvalue weighted by Gasteiger charge is 2.37. The first kappa shape index (κ1) is 27.0. The van der Waals surface area contributed by atoms with Gasteiger partial charge in [-0.1, -0.05) is 56.2 Å². The van der Waals surface area contributed by atoms with Crippen molar-refractivity contribution in [2.45, 2.75) is 23.6 Å². The number of aromatic nitrogens is 2. The topological polar surface area (TPSA) is 88.1 Å². The molecule has 1 aromatic heterocycles. The summed E-state index contributed by atoms with van der Waals surface area (Å²) in [6.45, 7) is 3.83. The van der Waals surface area contributed by atoms with Gasteiger partial charge in [0.25, 0.3) is 11.8 Å². The summed E-state index contributed by atoms with van der Waals surface area (Å²) in [7, 11) is 0. The summed E-state index contributed by atoms with van der Waals surface area (Å²) >= 11 is 14.8. The SMILES string of the molecule is CC(C)(I)NC(=O)c1cc(Br)cc(Br)c1NC(=O)c1cc(C(F)(F)F)nn1C1=C(Cl)C=CCN1. The van der Waals surface area contributed by atoms with E-state index in [4.69, 9.17) is 11.6 Å². The largest absolute Gasteiger partial charge is 0.435 e. The molecule has 7 nitrogen and oxygen atoms in total. The van der Waals surface area contributed by atoms with Gasteiger partial charge in [0.15, 0.2) is 5.69 Å². The molecule has 0 saturated heterocycles. The van der Waals surface area contributed by atoms with Gasteiger partial charge in [0.05, 0.1) is 19.8 Å². The summed E-state index contributed by atoms with van der Waals surface area (Å²) < 4.78 is 41.3. The molecule has 0 unspecified atom stereocenters. The molecule has 1 aliphatic rings. The number of rotatable bonds is 5. The number of dihydropyridines is 1. The van der Waals surface area contributed by atoms with Crippen LogP contribution in [0.5, 0.6) is 0 Å². The van der Waals surface area contributed by atoms with E-state index in [1.165, 1.54) is 12.1 Å². The zero-order valence-electron chi connectivity index (χ0n) is 17.5. The first-order chi connectivity index (χ1) is 15.7. The first-order valence-electron chi connectivity index (χ1n) is 9.47. The number of hydrogen-bond donors (Lipinski definition) is 3. The molecule has 3 N–H and O–H groups in total. The molecule has 0 spiro atoms. The fraction of sp³-hybridized carbons (Fsp3) is 0.250. The number of anilines is 1. The Morgan fingerprint density at radius 2 is 1.88 bits per heavy atom. The van der Waals surface area contributed by atoms with Crippen LogP contribution in [0.25, 0.3) is 5.82 Å². The van der Waals surface area contributed by atoms with Gasteiger partial charge in [-0.25, -0.2) is 4.68 Å². The van der Waals surface area contributed by atoms with Gasteiger partial charge in [0.1, 0.15) is 11.5 Å². The molecule has 0 radical (unpaired) electrons. The van der Waals surface area contributed by atoms with Crippen LogP contribution in [-0.4, -0.2) is 31.7 Å². The number of hydrogen-bond acceptors (Lipinski definition) is 4. The highest BCUT2D eigenvalue weighted by molar-refractivity contribution is 14.1. The zero-order chi connectivity index (χ0) is 25.4. The molecule has 2 heterocycles. The van der Waals surface area contributed by atoms with E-state index in [2.05, 4.69) is 52.9 Å². The van der Waals surface area contributed by atoms with Crippen LogP contribution in [0.1, 0.15) is 40.4 Å². The normalized spacial score (nSPS) is 14.1. The fourth-order valence-electron chi connectivity index (χ4n) is 2.90. The maximum Gasteiger partial charge on any atom is 0.435 e. The molecular formula is C20H16Br2ClF3IN5O2. The summed E-state index contributed by atoms with van der Waals surface area (Å²) in [5, 5.41) is 11.8. The van der Waals surface area contributed by atoms with E-state index in [-0.39, 0.29) is 28.6 Å². The van der Waals surface area contributed by atoms with Crippen molar-refractivity contribution < 1.29 is 22.8 Å². The van der Waals surface area contributed by atoms with Crippen LogP contribution in [0.3, 0.4) is 0 Å². The monoisotopic (exact) mass is 735 g/mol. The van der Waals surface area contributed by atoms with Crippen LogP contribution in [0.15, 0.2) is 44.3 Å². The third-order valence-electron chi connectivity index (χ3n) is 4.27. The summed E-state index contributed by atoms with van der Waals surface area (Å²) in [4.78, 5) is 26.1. The Hall–Kier alpha value is -1.58. The summed E-state index contributed by atoms with van der Waals surface area (Å²) in [6, 6.07) is 3.70. The molecule has 0 bridgehead atoms. The first-order valence-corrected chi connectivity index (χ1v) is 12.5. The van der Waals surface area contributed by atoms with E-state index in [1.807, 2.05) is 22.6 Å². The Morgan fingerprint density at radius 1 is 1.21 bits per heavy atom. The Labute approximate surface area is 227 Å². The molecular weight excluding hydrogens is 721 g/mol. The lowest BCUT2D eigenvalue weighted by Crippen LogP contribution is -2.38. The predicted octanol–water partition coefficient (Wildman–Crippen LogP) is 6.10. The molecule has 2 aromatic rings. The van der Waals surface area contributed by atoms with Gasteiger partial charge in [0, 0.05) is 21.6 Å². The highest BCUT2D eigenvalue weighted by atomic mass is 127. The predicted molar refractivity (Wildman–Crippen MR) is 139 cm³/mol. The van der Waals surface area contributed by atoms with Crippen LogP contribution in [-0.2, 0) is 6.18 Å². The molecule has 0 atom stereocenters. The second kappa shape index (κ2) is 10.2. The minimum absolute atomic E-state index is 0.0179. The van der Waals surface area contributed by atoms with Crippen molar-refractivity contribution in [3.8, 4) is 0 Å². The van der Waals surface area contributed by atoms with Crippen molar-refractivity contribution in [1.29, 1.82) is 0 Å². The molecule has 1 aromatic carbocycles. The number of amides is 2. The number of nitrogens with one attached hydrogen (secondary N) is 3. The maximum absolute atomic E-state index is 13.4. The van der Waals surface area contributed by atoms with Crippen LogP contribution in [0, 0.1) is 0 Å². The quantitative estimate of drug-likeness (QED) is 0.197. The second-order valence-corrected chi connectivity index (χ2v) is 12.4. The Morgan fingerprint density at radius 3 is 2.47 bits per heavy atom. The number of alkyl halides is 4. The molecule has 0 fully saturated rings. The fourth-order valence-corrected chi connectivity index (χ4v) is 4.71. The van der Waals surface area contributed by atoms with Crippen molar-refractivity contribution >= 4 is 89.4 Å². The van der Waals surface area contributed by atoms with Gasteiger partial charge in [-0.2, -0.15) is 18.3 Å². The van der Waals surface area contributed by atoms with Gasteiger partial charge in [-0.15, -0.1) is 0 Å². The lowest BCUT2D eigenvalue weighted by atomic mass is 10.1. The van der Waals surface area contributed by atoms with E-state index in [1.54, 1.807) is 26.0 Å². The lowest BCUT2D eigenvalue weighted by Gasteiger charge is -2.21. The number of nitrogens with zero attached hydrogens (tertiary/aromatic N) is 2. The molecule has 3 rings (SSSR count). The Balaban J connectivity index is 2.08. The Bertz CT molecular complexity index is 1220. The van der Waals surface area contributed by atoms with E-state index in [0.29, 0.717) is 15.0 Å². The number of carbonyl (C=O) groups excluding carboxylic acids is 2. The van der Waals surface area contributed by atoms with E-state index in [0.717, 1.165) is 4.68 Å². The van der Waals surface area contributed by atoms with Crippen LogP contribution in [0.4, 0.5) is 18.9 Å². The molecule has 0 aliphatic carbocycles. The highest BCUT2D eigenvalue weighted by Crippen LogP contribution is 2.34. The lowest BCUT2D eigenvalue weighted by molar-refractivity contribution is -0.141. The van der Waals surface area contributed by atoms with Gasteiger partial charge in [-0.3, -0.25) is 9.59 Å².